The molecule has 1 fully saturated rings. The first-order valence-electron chi connectivity index (χ1n) is 3.52. The maximum Gasteiger partial charge on any atom is 0.308 e. The van der Waals surface area contributed by atoms with Gasteiger partial charge in [-0.1, -0.05) is 0 Å². The van der Waals surface area contributed by atoms with Crippen LogP contribution in [0.2, 0.25) is 0 Å². The number of esters is 1. The van der Waals surface area contributed by atoms with Crippen LogP contribution in [-0.2, 0) is 19.6 Å². The molecule has 1 saturated carbocycles. The average Bonchev–Trinajstić information content (AvgIpc) is 2.62. The first-order chi connectivity index (χ1) is 5.44. The van der Waals surface area contributed by atoms with Crippen LogP contribution in [0.15, 0.2) is 0 Å². The van der Waals surface area contributed by atoms with Crippen LogP contribution in [0.5, 0.6) is 0 Å². The average molecular weight is 193 g/mol. The van der Waals surface area contributed by atoms with E-state index in [1.165, 1.54) is 7.11 Å². The molecule has 0 saturated heterocycles. The van der Waals surface area contributed by atoms with Crippen molar-refractivity contribution >= 4 is 16.0 Å². The van der Waals surface area contributed by atoms with Crippen molar-refractivity contribution in [3.8, 4) is 0 Å². The summed E-state index contributed by atoms with van der Waals surface area (Å²) in [7, 11) is -2.16. The van der Waals surface area contributed by atoms with E-state index in [1.54, 1.807) is 0 Å². The molecule has 0 aliphatic heterocycles. The van der Waals surface area contributed by atoms with Crippen LogP contribution in [0.4, 0.5) is 0 Å². The lowest BCUT2D eigenvalue weighted by Gasteiger charge is -1.96. The Kier molecular flexibility index (Phi) is 2.39. The zero-order valence-corrected chi connectivity index (χ0v) is 7.50. The number of methoxy groups -OCH3 is 1. The van der Waals surface area contributed by atoms with E-state index in [9.17, 15) is 13.2 Å². The van der Waals surface area contributed by atoms with E-state index >= 15 is 0 Å². The summed E-state index contributed by atoms with van der Waals surface area (Å²) in [5.74, 6) is -0.850. The first-order valence-corrected chi connectivity index (χ1v) is 5.24. The molecule has 70 valence electrons. The van der Waals surface area contributed by atoms with E-state index in [0.717, 1.165) is 0 Å². The maximum atomic E-state index is 10.8. The summed E-state index contributed by atoms with van der Waals surface area (Å²) in [6, 6.07) is 0. The van der Waals surface area contributed by atoms with Gasteiger partial charge in [-0.15, -0.1) is 0 Å². The SMILES string of the molecule is COC(=O)[C@@H]1C[C@H]1CS(N)(=O)=O. The molecule has 0 aromatic carbocycles. The van der Waals surface area contributed by atoms with Gasteiger partial charge in [-0.25, -0.2) is 13.6 Å². The molecule has 0 unspecified atom stereocenters. The van der Waals surface area contributed by atoms with Gasteiger partial charge in [0.25, 0.3) is 0 Å². The van der Waals surface area contributed by atoms with Crippen LogP contribution in [0, 0.1) is 11.8 Å². The fourth-order valence-electron chi connectivity index (χ4n) is 1.17. The van der Waals surface area contributed by atoms with E-state index in [4.69, 9.17) is 5.14 Å². The Morgan fingerprint density at radius 3 is 2.67 bits per heavy atom. The minimum atomic E-state index is -3.44. The van der Waals surface area contributed by atoms with Gasteiger partial charge in [0, 0.05) is 0 Å². The summed E-state index contributed by atoms with van der Waals surface area (Å²) in [4.78, 5) is 10.8. The molecule has 1 aliphatic rings. The van der Waals surface area contributed by atoms with E-state index in [0.29, 0.717) is 6.42 Å². The second kappa shape index (κ2) is 3.02. The highest BCUT2D eigenvalue weighted by Gasteiger charge is 2.45. The molecule has 0 aromatic rings. The molecular formula is C6H11NO4S. The molecule has 1 aliphatic carbocycles. The Morgan fingerprint density at radius 1 is 1.67 bits per heavy atom. The molecule has 0 bridgehead atoms. The molecule has 2 atom stereocenters. The van der Waals surface area contributed by atoms with E-state index in [1.807, 2.05) is 0 Å². The summed E-state index contributed by atoms with van der Waals surface area (Å²) in [6.07, 6.45) is 0.573. The maximum absolute atomic E-state index is 10.8. The second-order valence-electron chi connectivity index (χ2n) is 2.95. The molecule has 2 N–H and O–H groups in total. The number of ether oxygens (including phenoxy) is 1. The molecule has 1 rings (SSSR count). The lowest BCUT2D eigenvalue weighted by Crippen LogP contribution is -2.19. The van der Waals surface area contributed by atoms with Gasteiger partial charge in [-0.3, -0.25) is 4.79 Å². The first kappa shape index (κ1) is 9.47. The monoisotopic (exact) mass is 193 g/mol. The fourth-order valence-corrected chi connectivity index (χ4v) is 2.14. The smallest absolute Gasteiger partial charge is 0.308 e. The summed E-state index contributed by atoms with van der Waals surface area (Å²) in [5.41, 5.74) is 0. The lowest BCUT2D eigenvalue weighted by molar-refractivity contribution is -0.142. The zero-order chi connectivity index (χ0) is 9.35. The topological polar surface area (TPSA) is 86.5 Å². The predicted molar refractivity (Wildman–Crippen MR) is 41.6 cm³/mol. The fraction of sp³-hybridized carbons (Fsp3) is 0.833. The van der Waals surface area contributed by atoms with Crippen LogP contribution < -0.4 is 5.14 Å². The number of sulfonamides is 1. The highest BCUT2D eigenvalue weighted by molar-refractivity contribution is 7.89. The standard InChI is InChI=1S/C6H11NO4S/c1-11-6(8)5-2-4(5)3-12(7,9)10/h4-5H,2-3H2,1H3,(H2,7,9,10)/t4-,5+/m0/s1. The molecule has 0 heterocycles. The third-order valence-corrected chi connectivity index (χ3v) is 2.77. The molecular weight excluding hydrogens is 182 g/mol. The number of hydrogen-bond donors (Lipinski definition) is 1. The van der Waals surface area contributed by atoms with Crippen molar-refractivity contribution < 1.29 is 17.9 Å². The normalized spacial score (nSPS) is 28.2. The molecule has 0 aromatic heterocycles. The Morgan fingerprint density at radius 2 is 2.25 bits per heavy atom. The highest BCUT2D eigenvalue weighted by Crippen LogP contribution is 2.39. The number of carbonyl (C=O) groups is 1. The van der Waals surface area contributed by atoms with E-state index in [-0.39, 0.29) is 23.6 Å². The molecule has 0 amide bonds. The van der Waals surface area contributed by atoms with Gasteiger partial charge in [-0.05, 0) is 12.3 Å². The Balaban J connectivity index is 2.39. The zero-order valence-electron chi connectivity index (χ0n) is 6.69. The van der Waals surface area contributed by atoms with Crippen LogP contribution in [0.25, 0.3) is 0 Å². The summed E-state index contributed by atoms with van der Waals surface area (Å²) < 4.78 is 25.6. The van der Waals surface area contributed by atoms with Crippen molar-refractivity contribution in [2.24, 2.45) is 17.0 Å². The van der Waals surface area contributed by atoms with Crippen LogP contribution in [-0.4, -0.2) is 27.2 Å². The van der Waals surface area contributed by atoms with Gasteiger partial charge >= 0.3 is 5.97 Å². The highest BCUT2D eigenvalue weighted by atomic mass is 32.2. The van der Waals surface area contributed by atoms with Crippen molar-refractivity contribution in [3.63, 3.8) is 0 Å². The molecule has 6 heteroatoms. The van der Waals surface area contributed by atoms with E-state index in [2.05, 4.69) is 4.74 Å². The van der Waals surface area contributed by atoms with Gasteiger partial charge in [0.1, 0.15) is 0 Å². The minimum absolute atomic E-state index is 0.118. The van der Waals surface area contributed by atoms with Crippen molar-refractivity contribution in [1.29, 1.82) is 0 Å². The number of nitrogens with two attached hydrogens (primary N) is 1. The van der Waals surface area contributed by atoms with Gasteiger partial charge < -0.3 is 4.74 Å². The quantitative estimate of drug-likeness (QED) is 0.587. The van der Waals surface area contributed by atoms with Crippen molar-refractivity contribution in [3.05, 3.63) is 0 Å². The Labute approximate surface area is 70.9 Å². The van der Waals surface area contributed by atoms with Crippen molar-refractivity contribution in [2.45, 2.75) is 6.42 Å². The Hall–Kier alpha value is -0.620. The van der Waals surface area contributed by atoms with Crippen LogP contribution in [0.3, 0.4) is 0 Å². The van der Waals surface area contributed by atoms with Crippen LogP contribution >= 0.6 is 0 Å². The van der Waals surface area contributed by atoms with Crippen molar-refractivity contribution in [1.82, 2.24) is 0 Å². The van der Waals surface area contributed by atoms with Gasteiger partial charge in [0.05, 0.1) is 18.8 Å². The van der Waals surface area contributed by atoms with Gasteiger partial charge in [0.2, 0.25) is 10.0 Å². The molecule has 0 spiro atoms. The predicted octanol–water partition coefficient (Wildman–Crippen LogP) is -0.916. The Bertz CT molecular complexity index is 284. The third kappa shape index (κ3) is 2.46. The number of hydrogen-bond acceptors (Lipinski definition) is 4. The van der Waals surface area contributed by atoms with Gasteiger partial charge in [-0.2, -0.15) is 0 Å². The van der Waals surface area contributed by atoms with E-state index < -0.39 is 10.0 Å². The largest absolute Gasteiger partial charge is 0.469 e. The minimum Gasteiger partial charge on any atom is -0.469 e. The summed E-state index contributed by atoms with van der Waals surface area (Å²) in [6.45, 7) is 0. The van der Waals surface area contributed by atoms with Crippen molar-refractivity contribution in [2.75, 3.05) is 12.9 Å². The molecule has 0 radical (unpaired) electrons. The van der Waals surface area contributed by atoms with Gasteiger partial charge in [0.15, 0.2) is 0 Å². The lowest BCUT2D eigenvalue weighted by atomic mass is 10.3. The second-order valence-corrected chi connectivity index (χ2v) is 4.61. The summed E-state index contributed by atoms with van der Waals surface area (Å²) in [5, 5.41) is 4.80. The third-order valence-electron chi connectivity index (χ3n) is 1.87. The number of rotatable bonds is 3. The summed E-state index contributed by atoms with van der Waals surface area (Å²) >= 11 is 0. The molecule has 5 nitrogen and oxygen atoms in total. The number of carbonyl (C=O) groups excluding carboxylic acids is 1. The number of primary sulfonamides is 1. The molecule has 12 heavy (non-hydrogen) atoms. The van der Waals surface area contributed by atoms with Crippen LogP contribution in [0.1, 0.15) is 6.42 Å².